The third-order valence-electron chi connectivity index (χ3n) is 3.25. The molecule has 1 aromatic carbocycles. The molecular weight excluding hydrogens is 264 g/mol. The van der Waals surface area contributed by atoms with Gasteiger partial charge in [-0.15, -0.1) is 0 Å². The number of ether oxygens (including phenoxy) is 1. The van der Waals surface area contributed by atoms with Gasteiger partial charge in [-0.05, 0) is 31.5 Å². The second-order valence-corrected chi connectivity index (χ2v) is 5.03. The third kappa shape index (κ3) is 3.19. The zero-order chi connectivity index (χ0) is 13.8. The largest absolute Gasteiger partial charge is 0.373 e. The lowest BCUT2D eigenvalue weighted by atomic mass is 10.2. The van der Waals surface area contributed by atoms with Crippen LogP contribution in [0.3, 0.4) is 0 Å². The zero-order valence-corrected chi connectivity index (χ0v) is 12.1. The van der Waals surface area contributed by atoms with Crippen molar-refractivity contribution in [2.24, 2.45) is 0 Å². The Morgan fingerprint density at radius 2 is 2.16 bits per heavy atom. The van der Waals surface area contributed by atoms with Gasteiger partial charge in [0.15, 0.2) is 0 Å². The lowest BCUT2D eigenvalue weighted by Gasteiger charge is -2.24. The molecule has 0 aromatic heterocycles. The third-order valence-corrected chi connectivity index (χ3v) is 3.48. The quantitative estimate of drug-likeness (QED) is 0.854. The normalized spacial score (nSPS) is 15.1. The van der Waals surface area contributed by atoms with Crippen LogP contribution in [0.1, 0.15) is 13.3 Å². The first-order valence-electron chi connectivity index (χ1n) is 6.52. The van der Waals surface area contributed by atoms with Gasteiger partial charge in [0, 0.05) is 31.8 Å². The molecule has 0 fully saturated rings. The number of amides is 1. The molecule has 1 amide bonds. The molecule has 19 heavy (non-hydrogen) atoms. The van der Waals surface area contributed by atoms with Crippen LogP contribution >= 0.6 is 11.6 Å². The molecule has 0 unspecified atom stereocenters. The molecule has 5 heteroatoms. The smallest absolute Gasteiger partial charge is 0.253 e. The fourth-order valence-corrected chi connectivity index (χ4v) is 2.44. The van der Waals surface area contributed by atoms with Crippen molar-refractivity contribution in [1.29, 1.82) is 0 Å². The first-order chi connectivity index (χ1) is 9.13. The summed E-state index contributed by atoms with van der Waals surface area (Å²) in [6.07, 6.45) is 0.931. The molecule has 0 saturated carbocycles. The molecule has 0 atom stereocenters. The Labute approximate surface area is 118 Å². The van der Waals surface area contributed by atoms with Crippen LogP contribution in [0.15, 0.2) is 18.2 Å². The van der Waals surface area contributed by atoms with Gasteiger partial charge in [0.2, 0.25) is 0 Å². The van der Waals surface area contributed by atoms with Crippen LogP contribution in [0.2, 0.25) is 5.02 Å². The maximum Gasteiger partial charge on any atom is 0.253 e. The van der Waals surface area contributed by atoms with Gasteiger partial charge < -0.3 is 14.5 Å². The molecule has 104 valence electrons. The fourth-order valence-electron chi connectivity index (χ4n) is 2.27. The number of hydrogen-bond donors (Lipinski definition) is 0. The molecule has 0 N–H and O–H groups in total. The Balaban J connectivity index is 2.32. The van der Waals surface area contributed by atoms with Crippen LogP contribution in [0.5, 0.6) is 0 Å². The highest BCUT2D eigenvalue weighted by molar-refractivity contribution is 6.31. The molecular formula is C14H19ClN2O2. The van der Waals surface area contributed by atoms with Crippen LogP contribution in [0.4, 0.5) is 11.4 Å². The summed E-state index contributed by atoms with van der Waals surface area (Å²) in [7, 11) is 2.03. The molecule has 1 aromatic rings. The van der Waals surface area contributed by atoms with E-state index in [1.165, 1.54) is 0 Å². The number of rotatable bonds is 3. The Hall–Kier alpha value is -1.26. The summed E-state index contributed by atoms with van der Waals surface area (Å²) in [5.74, 6) is -0.0133. The number of benzene rings is 1. The van der Waals surface area contributed by atoms with Crippen molar-refractivity contribution in [1.82, 2.24) is 0 Å². The summed E-state index contributed by atoms with van der Waals surface area (Å²) >= 11 is 6.06. The Bertz CT molecular complexity index is 465. The number of anilines is 2. The Kier molecular flexibility index (Phi) is 4.66. The van der Waals surface area contributed by atoms with E-state index in [1.54, 1.807) is 4.90 Å². The van der Waals surface area contributed by atoms with E-state index in [-0.39, 0.29) is 12.5 Å². The minimum absolute atomic E-state index is 0.0133. The number of carbonyl (C=O) groups is 1. The van der Waals surface area contributed by atoms with Crippen LogP contribution in [0.25, 0.3) is 0 Å². The topological polar surface area (TPSA) is 32.8 Å². The summed E-state index contributed by atoms with van der Waals surface area (Å²) in [5, 5.41) is 0.642. The highest BCUT2D eigenvalue weighted by Crippen LogP contribution is 2.34. The zero-order valence-electron chi connectivity index (χ0n) is 11.4. The minimum atomic E-state index is -0.0133. The summed E-state index contributed by atoms with van der Waals surface area (Å²) in [6, 6.07) is 5.67. The van der Waals surface area contributed by atoms with Gasteiger partial charge >= 0.3 is 0 Å². The molecule has 2 rings (SSSR count). The van der Waals surface area contributed by atoms with Gasteiger partial charge in [0.05, 0.1) is 11.4 Å². The summed E-state index contributed by atoms with van der Waals surface area (Å²) in [4.78, 5) is 16.2. The predicted octanol–water partition coefficient (Wildman–Crippen LogP) is 2.55. The molecule has 4 nitrogen and oxygen atoms in total. The maximum atomic E-state index is 12.2. The van der Waals surface area contributed by atoms with E-state index in [0.717, 1.165) is 24.3 Å². The number of carbonyl (C=O) groups excluding carboxylic acids is 1. The van der Waals surface area contributed by atoms with E-state index in [0.29, 0.717) is 18.2 Å². The Morgan fingerprint density at radius 3 is 2.89 bits per heavy atom. The van der Waals surface area contributed by atoms with Gasteiger partial charge in [-0.25, -0.2) is 0 Å². The number of fused-ring (bicyclic) bond motifs is 1. The molecule has 0 bridgehead atoms. The van der Waals surface area contributed by atoms with E-state index < -0.39 is 0 Å². The molecule has 1 heterocycles. The van der Waals surface area contributed by atoms with Gasteiger partial charge in [0.25, 0.3) is 5.91 Å². The lowest BCUT2D eigenvalue weighted by molar-refractivity contribution is -0.122. The van der Waals surface area contributed by atoms with Crippen LogP contribution in [-0.4, -0.2) is 39.3 Å². The van der Waals surface area contributed by atoms with Crippen LogP contribution < -0.4 is 9.80 Å². The van der Waals surface area contributed by atoms with Gasteiger partial charge in [-0.3, -0.25) is 4.79 Å². The Morgan fingerprint density at radius 1 is 1.37 bits per heavy atom. The lowest BCUT2D eigenvalue weighted by Crippen LogP contribution is -2.34. The standard InChI is InChI=1S/C14H19ClN2O2/c1-3-19-10-14(18)17-8-4-7-16(2)12-6-5-11(15)9-13(12)17/h5-6,9H,3-4,7-8,10H2,1-2H3. The summed E-state index contributed by atoms with van der Waals surface area (Å²) in [6.45, 7) is 4.17. The average Bonchev–Trinajstić information content (AvgIpc) is 2.55. The van der Waals surface area contributed by atoms with E-state index in [4.69, 9.17) is 16.3 Å². The predicted molar refractivity (Wildman–Crippen MR) is 78.2 cm³/mol. The van der Waals surface area contributed by atoms with Gasteiger partial charge in [-0.1, -0.05) is 11.6 Å². The van der Waals surface area contributed by atoms with E-state index in [9.17, 15) is 4.79 Å². The van der Waals surface area contributed by atoms with Crippen molar-refractivity contribution in [2.45, 2.75) is 13.3 Å². The van der Waals surface area contributed by atoms with Crippen molar-refractivity contribution in [3.8, 4) is 0 Å². The molecule has 0 saturated heterocycles. The first kappa shape index (κ1) is 14.2. The monoisotopic (exact) mass is 282 g/mol. The summed E-state index contributed by atoms with van der Waals surface area (Å²) in [5.41, 5.74) is 1.91. The molecule has 0 radical (unpaired) electrons. The van der Waals surface area contributed by atoms with E-state index >= 15 is 0 Å². The first-order valence-corrected chi connectivity index (χ1v) is 6.90. The van der Waals surface area contributed by atoms with Crippen molar-refractivity contribution in [3.63, 3.8) is 0 Å². The number of halogens is 1. The second-order valence-electron chi connectivity index (χ2n) is 4.59. The van der Waals surface area contributed by atoms with E-state index in [2.05, 4.69) is 4.90 Å². The molecule has 1 aliphatic heterocycles. The van der Waals surface area contributed by atoms with Crippen LogP contribution in [0, 0.1) is 0 Å². The molecule has 0 spiro atoms. The molecule has 1 aliphatic rings. The second kappa shape index (κ2) is 6.26. The maximum absolute atomic E-state index is 12.2. The van der Waals surface area contributed by atoms with E-state index in [1.807, 2.05) is 32.2 Å². The number of hydrogen-bond acceptors (Lipinski definition) is 3. The SMILES string of the molecule is CCOCC(=O)N1CCCN(C)c2ccc(Cl)cc21. The highest BCUT2D eigenvalue weighted by atomic mass is 35.5. The van der Waals surface area contributed by atoms with Crippen molar-refractivity contribution in [2.75, 3.05) is 43.2 Å². The van der Waals surface area contributed by atoms with Crippen molar-refractivity contribution in [3.05, 3.63) is 23.2 Å². The number of nitrogens with zero attached hydrogens (tertiary/aromatic N) is 2. The minimum Gasteiger partial charge on any atom is -0.373 e. The summed E-state index contributed by atoms with van der Waals surface area (Å²) < 4.78 is 5.22. The average molecular weight is 283 g/mol. The van der Waals surface area contributed by atoms with Crippen molar-refractivity contribution < 1.29 is 9.53 Å². The van der Waals surface area contributed by atoms with Crippen molar-refractivity contribution >= 4 is 28.9 Å². The van der Waals surface area contributed by atoms with Gasteiger partial charge in [-0.2, -0.15) is 0 Å². The highest BCUT2D eigenvalue weighted by Gasteiger charge is 2.23. The fraction of sp³-hybridized carbons (Fsp3) is 0.500. The molecule has 0 aliphatic carbocycles. The van der Waals surface area contributed by atoms with Crippen LogP contribution in [-0.2, 0) is 9.53 Å². The van der Waals surface area contributed by atoms with Gasteiger partial charge in [0.1, 0.15) is 6.61 Å².